The monoisotopic (exact) mass is 1120 g/mol. The van der Waals surface area contributed by atoms with Gasteiger partial charge in [-0.1, -0.05) is 231 Å². The number of nitrogens with zero attached hydrogens (tertiary/aromatic N) is 4. The Morgan fingerprint density at radius 2 is 0.341 bits per heavy atom. The van der Waals surface area contributed by atoms with E-state index in [-0.39, 0.29) is 0 Å². The zero-order valence-corrected chi connectivity index (χ0v) is 48.3. The van der Waals surface area contributed by atoms with Gasteiger partial charge in [-0.2, -0.15) is 0 Å². The summed E-state index contributed by atoms with van der Waals surface area (Å²) in [5.41, 5.74) is 15.3. The number of fused-ring (bicyclic) bond motifs is 6. The molecule has 0 aliphatic heterocycles. The highest BCUT2D eigenvalue weighted by molar-refractivity contribution is 6.04. The quantitative estimate of drug-likeness (QED) is 0.114. The molecule has 16 aromatic rings. The van der Waals surface area contributed by atoms with Crippen LogP contribution in [0.15, 0.2) is 352 Å². The lowest BCUT2D eigenvalue weighted by molar-refractivity contribution is 1.27. The van der Waals surface area contributed by atoms with Gasteiger partial charge >= 0.3 is 0 Å². The van der Waals surface area contributed by atoms with Crippen LogP contribution in [-0.4, -0.2) is 0 Å². The molecule has 0 unspecified atom stereocenters. The first-order valence-corrected chi connectivity index (χ1v) is 30.1. The van der Waals surface area contributed by atoms with Gasteiger partial charge < -0.3 is 19.6 Å². The van der Waals surface area contributed by atoms with Gasteiger partial charge in [-0.3, -0.25) is 0 Å². The zero-order chi connectivity index (χ0) is 58.3. The second-order valence-electron chi connectivity index (χ2n) is 22.5. The molecule has 4 nitrogen and oxygen atoms in total. The van der Waals surface area contributed by atoms with Crippen molar-refractivity contribution in [1.82, 2.24) is 0 Å². The predicted octanol–water partition coefficient (Wildman–Crippen LogP) is 24.2. The molecule has 414 valence electrons. The minimum atomic E-state index is 1.06. The van der Waals surface area contributed by atoms with Crippen molar-refractivity contribution in [3.63, 3.8) is 0 Å². The van der Waals surface area contributed by atoms with E-state index in [4.69, 9.17) is 0 Å². The number of hydrogen-bond donors (Lipinski definition) is 0. The van der Waals surface area contributed by atoms with E-state index in [1.54, 1.807) is 0 Å². The van der Waals surface area contributed by atoms with E-state index < -0.39 is 0 Å². The highest BCUT2D eigenvalue weighted by Gasteiger charge is 2.22. The van der Waals surface area contributed by atoms with Crippen molar-refractivity contribution >= 4 is 133 Å². The number of benzene rings is 16. The van der Waals surface area contributed by atoms with Gasteiger partial charge in [-0.05, 0) is 176 Å². The van der Waals surface area contributed by atoms with Crippen LogP contribution < -0.4 is 19.6 Å². The molecule has 0 spiro atoms. The SMILES string of the molecule is c1ccc2cc(N(c3ccc(N(c4ccc(-c5ccc(N(c6ccc(N(c7ccc8ccccc8c7)c7cccc8ccccc78)cc6)c6cccc7ccccc67)cc5)cc4)c4cccc5ccccc45)cc3)c3cccc4ccccc34)ccc2c1. The second-order valence-corrected chi connectivity index (χ2v) is 22.5. The first kappa shape index (κ1) is 51.9. The summed E-state index contributed by atoms with van der Waals surface area (Å²) in [4.78, 5) is 9.58. The van der Waals surface area contributed by atoms with Gasteiger partial charge in [0.1, 0.15) is 0 Å². The molecule has 0 radical (unpaired) electrons. The fraction of sp³-hybridized carbons (Fsp3) is 0. The van der Waals surface area contributed by atoms with Crippen molar-refractivity contribution < 1.29 is 0 Å². The normalized spacial score (nSPS) is 11.4. The van der Waals surface area contributed by atoms with E-state index in [0.29, 0.717) is 0 Å². The fourth-order valence-corrected chi connectivity index (χ4v) is 13.1. The summed E-state index contributed by atoms with van der Waals surface area (Å²) < 4.78 is 0. The van der Waals surface area contributed by atoms with Gasteiger partial charge in [0.25, 0.3) is 0 Å². The summed E-state index contributed by atoms with van der Waals surface area (Å²) in [6.45, 7) is 0. The molecule has 0 saturated carbocycles. The molecule has 0 amide bonds. The average molecular weight is 1120 g/mol. The Kier molecular flexibility index (Phi) is 13.2. The number of hydrogen-bond acceptors (Lipinski definition) is 4. The molecular weight excluding hydrogens is 1060 g/mol. The molecule has 0 aromatic heterocycles. The molecule has 16 aromatic carbocycles. The highest BCUT2D eigenvalue weighted by atomic mass is 15.2. The molecule has 0 aliphatic carbocycles. The molecule has 0 fully saturated rings. The Hall–Kier alpha value is -11.7. The first-order valence-electron chi connectivity index (χ1n) is 30.1. The lowest BCUT2D eigenvalue weighted by atomic mass is 10.0. The standard InChI is InChI=1S/C84H58N4/c1-3-23-67-57-75(47-41-59(67)17-1)87(83-35-15-27-65-21-7-11-31-79(65)83)73-53-49-71(50-54-73)85(81-33-13-25-63-19-5-9-29-77(63)81)69-43-37-61(38-44-69)62-39-45-70(46-40-62)86(82-34-14-26-64-20-6-10-30-78(64)82)72-51-55-74(56-52-72)88(76-48-42-60-18-2-4-24-68(60)58-76)84-36-16-28-66-22-8-12-32-80(66)84/h1-58H. The van der Waals surface area contributed by atoms with Crippen LogP contribution in [0.3, 0.4) is 0 Å². The molecule has 4 heteroatoms. The molecule has 16 rings (SSSR count). The third-order valence-electron chi connectivity index (χ3n) is 17.3. The Bertz CT molecular complexity index is 4880. The van der Waals surface area contributed by atoms with Gasteiger partial charge in [-0.25, -0.2) is 0 Å². The minimum absolute atomic E-state index is 1.06. The third kappa shape index (κ3) is 9.56. The molecular formula is C84H58N4. The molecule has 0 saturated heterocycles. The lowest BCUT2D eigenvalue weighted by Crippen LogP contribution is -2.13. The van der Waals surface area contributed by atoms with Crippen molar-refractivity contribution in [2.45, 2.75) is 0 Å². The second kappa shape index (κ2) is 22.4. The van der Waals surface area contributed by atoms with Crippen molar-refractivity contribution in [2.75, 3.05) is 19.6 Å². The summed E-state index contributed by atoms with van der Waals surface area (Å²) in [5, 5.41) is 14.4. The summed E-state index contributed by atoms with van der Waals surface area (Å²) in [7, 11) is 0. The maximum Gasteiger partial charge on any atom is 0.0540 e. The fourth-order valence-electron chi connectivity index (χ4n) is 13.1. The van der Waals surface area contributed by atoms with E-state index in [1.807, 2.05) is 0 Å². The third-order valence-corrected chi connectivity index (χ3v) is 17.3. The first-order chi connectivity index (χ1) is 43.6. The molecule has 88 heavy (non-hydrogen) atoms. The predicted molar refractivity (Wildman–Crippen MR) is 376 cm³/mol. The maximum absolute atomic E-state index is 2.40. The van der Waals surface area contributed by atoms with Gasteiger partial charge in [0, 0.05) is 67.0 Å². The molecule has 0 aliphatic rings. The highest BCUT2D eigenvalue weighted by Crippen LogP contribution is 2.47. The van der Waals surface area contributed by atoms with E-state index in [0.717, 1.165) is 79.4 Å². The zero-order valence-electron chi connectivity index (χ0n) is 48.3. The van der Waals surface area contributed by atoms with Gasteiger partial charge in [-0.15, -0.1) is 0 Å². The Balaban J connectivity index is 0.756. The summed E-state index contributed by atoms with van der Waals surface area (Å²) >= 11 is 0. The summed E-state index contributed by atoms with van der Waals surface area (Å²) in [6, 6.07) is 128. The molecule has 0 bridgehead atoms. The van der Waals surface area contributed by atoms with Crippen LogP contribution in [0.1, 0.15) is 0 Å². The van der Waals surface area contributed by atoms with E-state index >= 15 is 0 Å². The molecule has 0 atom stereocenters. The summed E-state index contributed by atoms with van der Waals surface area (Å²) in [6.07, 6.45) is 0. The lowest BCUT2D eigenvalue weighted by Gasteiger charge is -2.30. The van der Waals surface area contributed by atoms with E-state index in [2.05, 4.69) is 371 Å². The number of rotatable bonds is 13. The maximum atomic E-state index is 2.40. The van der Waals surface area contributed by atoms with Gasteiger partial charge in [0.05, 0.1) is 22.7 Å². The van der Waals surface area contributed by atoms with Crippen LogP contribution in [0, 0.1) is 0 Å². The minimum Gasteiger partial charge on any atom is -0.310 e. The van der Waals surface area contributed by atoms with E-state index in [9.17, 15) is 0 Å². The largest absolute Gasteiger partial charge is 0.310 e. The molecule has 0 heterocycles. The van der Waals surface area contributed by atoms with Gasteiger partial charge in [0.2, 0.25) is 0 Å². The van der Waals surface area contributed by atoms with Crippen LogP contribution >= 0.6 is 0 Å². The van der Waals surface area contributed by atoms with Crippen molar-refractivity contribution in [3.8, 4) is 11.1 Å². The van der Waals surface area contributed by atoms with Gasteiger partial charge in [0.15, 0.2) is 0 Å². The topological polar surface area (TPSA) is 13.0 Å². The smallest absolute Gasteiger partial charge is 0.0540 e. The van der Waals surface area contributed by atoms with Crippen LogP contribution in [0.4, 0.5) is 68.2 Å². The Labute approximate surface area is 512 Å². The van der Waals surface area contributed by atoms with Crippen LogP contribution in [0.25, 0.3) is 75.8 Å². The Morgan fingerprint density at radius 1 is 0.136 bits per heavy atom. The van der Waals surface area contributed by atoms with Crippen LogP contribution in [-0.2, 0) is 0 Å². The molecule has 0 N–H and O–H groups in total. The number of anilines is 12. The summed E-state index contributed by atoms with van der Waals surface area (Å²) in [5.74, 6) is 0. The van der Waals surface area contributed by atoms with Crippen LogP contribution in [0.5, 0.6) is 0 Å². The average Bonchev–Trinajstić information content (AvgIpc) is 1.92. The van der Waals surface area contributed by atoms with Crippen molar-refractivity contribution in [3.05, 3.63) is 352 Å². The van der Waals surface area contributed by atoms with Crippen molar-refractivity contribution in [1.29, 1.82) is 0 Å². The van der Waals surface area contributed by atoms with Crippen molar-refractivity contribution in [2.24, 2.45) is 0 Å². The Morgan fingerprint density at radius 3 is 0.625 bits per heavy atom. The van der Waals surface area contributed by atoms with Crippen LogP contribution in [0.2, 0.25) is 0 Å². The van der Waals surface area contributed by atoms with E-state index in [1.165, 1.54) is 64.6 Å².